The number of amides is 1. The van der Waals surface area contributed by atoms with Gasteiger partial charge in [-0.1, -0.05) is 30.0 Å². The van der Waals surface area contributed by atoms with E-state index in [1.165, 1.54) is 11.8 Å². The second kappa shape index (κ2) is 7.85. The molecule has 26 heavy (non-hydrogen) atoms. The summed E-state index contributed by atoms with van der Waals surface area (Å²) in [5.74, 6) is -0.140. The van der Waals surface area contributed by atoms with Gasteiger partial charge in [0, 0.05) is 5.69 Å². The minimum atomic E-state index is -0.363. The van der Waals surface area contributed by atoms with Gasteiger partial charge in [-0.2, -0.15) is 5.26 Å². The first-order valence-electron chi connectivity index (χ1n) is 8.02. The van der Waals surface area contributed by atoms with Crippen molar-refractivity contribution in [1.29, 1.82) is 5.26 Å². The fourth-order valence-electron chi connectivity index (χ4n) is 2.39. The molecule has 0 aliphatic heterocycles. The van der Waals surface area contributed by atoms with Crippen molar-refractivity contribution in [2.45, 2.75) is 24.3 Å². The Balaban J connectivity index is 1.71. The zero-order chi connectivity index (χ0) is 18.5. The van der Waals surface area contributed by atoms with E-state index in [0.717, 1.165) is 11.3 Å². The Bertz CT molecular complexity index is 959. The summed E-state index contributed by atoms with van der Waals surface area (Å²) in [6.45, 7) is 3.84. The van der Waals surface area contributed by atoms with Crippen LogP contribution in [0, 0.1) is 18.3 Å². The summed E-state index contributed by atoms with van der Waals surface area (Å²) in [5.41, 5.74) is 3.29. The number of carbonyl (C=O) groups is 1. The SMILES string of the molecule is Cc1ccccc1-n1cnnc1S[C@H](C)C(=O)Nc1ccc(C#N)cc1. The molecule has 3 aromatic rings. The lowest BCUT2D eigenvalue weighted by Crippen LogP contribution is -2.22. The number of thioether (sulfide) groups is 1. The topological polar surface area (TPSA) is 83.6 Å². The monoisotopic (exact) mass is 363 g/mol. The summed E-state index contributed by atoms with van der Waals surface area (Å²) in [6.07, 6.45) is 1.65. The molecule has 0 saturated heterocycles. The summed E-state index contributed by atoms with van der Waals surface area (Å²) in [5, 5.41) is 20.1. The van der Waals surface area contributed by atoms with Gasteiger partial charge in [0.05, 0.1) is 22.6 Å². The maximum absolute atomic E-state index is 12.5. The van der Waals surface area contributed by atoms with Crippen molar-refractivity contribution in [3.63, 3.8) is 0 Å². The highest BCUT2D eigenvalue weighted by atomic mass is 32.2. The van der Waals surface area contributed by atoms with Crippen molar-refractivity contribution < 1.29 is 4.79 Å². The molecule has 7 heteroatoms. The average Bonchev–Trinajstić information content (AvgIpc) is 3.10. The molecule has 130 valence electrons. The van der Waals surface area contributed by atoms with Crippen molar-refractivity contribution >= 4 is 23.4 Å². The number of rotatable bonds is 5. The van der Waals surface area contributed by atoms with Crippen LogP contribution in [0.4, 0.5) is 5.69 Å². The highest BCUT2D eigenvalue weighted by molar-refractivity contribution is 8.00. The normalized spacial score (nSPS) is 11.6. The van der Waals surface area contributed by atoms with Crippen LogP contribution in [0.5, 0.6) is 0 Å². The predicted molar refractivity (Wildman–Crippen MR) is 101 cm³/mol. The van der Waals surface area contributed by atoms with Crippen LogP contribution in [0.3, 0.4) is 0 Å². The van der Waals surface area contributed by atoms with Gasteiger partial charge in [0.25, 0.3) is 0 Å². The van der Waals surface area contributed by atoms with Crippen LogP contribution in [0.25, 0.3) is 5.69 Å². The molecule has 0 spiro atoms. The van der Waals surface area contributed by atoms with Crippen molar-refractivity contribution in [2.24, 2.45) is 0 Å². The first kappa shape index (κ1) is 17.7. The summed E-state index contributed by atoms with van der Waals surface area (Å²) in [4.78, 5) is 12.5. The van der Waals surface area contributed by atoms with Gasteiger partial charge in [-0.3, -0.25) is 9.36 Å². The van der Waals surface area contributed by atoms with Crippen LogP contribution in [0.15, 0.2) is 60.0 Å². The molecule has 1 aromatic heterocycles. The minimum Gasteiger partial charge on any atom is -0.325 e. The van der Waals surface area contributed by atoms with Gasteiger partial charge in [0.15, 0.2) is 5.16 Å². The number of benzene rings is 2. The molecular weight excluding hydrogens is 346 g/mol. The molecule has 0 unspecified atom stereocenters. The second-order valence-electron chi connectivity index (χ2n) is 5.71. The highest BCUT2D eigenvalue weighted by Gasteiger charge is 2.19. The smallest absolute Gasteiger partial charge is 0.237 e. The molecule has 2 aromatic carbocycles. The summed E-state index contributed by atoms with van der Waals surface area (Å²) in [6, 6.07) is 16.8. The Morgan fingerprint density at radius 2 is 1.96 bits per heavy atom. The Kier molecular flexibility index (Phi) is 5.34. The number of aromatic nitrogens is 3. The number of para-hydroxylation sites is 1. The quantitative estimate of drug-likeness (QED) is 0.701. The number of aryl methyl sites for hydroxylation is 1. The lowest BCUT2D eigenvalue weighted by molar-refractivity contribution is -0.115. The van der Waals surface area contributed by atoms with E-state index < -0.39 is 0 Å². The molecule has 0 bridgehead atoms. The zero-order valence-corrected chi connectivity index (χ0v) is 15.2. The molecule has 1 atom stereocenters. The predicted octanol–water partition coefficient (Wildman–Crippen LogP) is 3.57. The molecule has 1 N–H and O–H groups in total. The first-order valence-corrected chi connectivity index (χ1v) is 8.90. The van der Waals surface area contributed by atoms with Crippen LogP contribution < -0.4 is 5.32 Å². The summed E-state index contributed by atoms with van der Waals surface area (Å²) < 4.78 is 1.88. The maximum Gasteiger partial charge on any atom is 0.237 e. The third-order valence-corrected chi connectivity index (χ3v) is 4.88. The van der Waals surface area contributed by atoms with Crippen molar-refractivity contribution in [3.05, 3.63) is 66.0 Å². The van der Waals surface area contributed by atoms with E-state index >= 15 is 0 Å². The van der Waals surface area contributed by atoms with E-state index in [1.54, 1.807) is 30.6 Å². The highest BCUT2D eigenvalue weighted by Crippen LogP contribution is 2.26. The van der Waals surface area contributed by atoms with Gasteiger partial charge in [0.1, 0.15) is 6.33 Å². The minimum absolute atomic E-state index is 0.140. The lowest BCUT2D eigenvalue weighted by Gasteiger charge is -2.13. The standard InChI is InChI=1S/C19H17N5OS/c1-13-5-3-4-6-17(13)24-12-21-23-19(24)26-14(2)18(25)22-16-9-7-15(11-20)8-10-16/h3-10,12,14H,1-2H3,(H,22,25)/t14-/m1/s1. The number of anilines is 1. The van der Waals surface area contributed by atoms with Gasteiger partial charge < -0.3 is 5.32 Å². The number of hydrogen-bond acceptors (Lipinski definition) is 5. The molecule has 6 nitrogen and oxygen atoms in total. The fraction of sp³-hybridized carbons (Fsp3) is 0.158. The Hall–Kier alpha value is -3.11. The van der Waals surface area contributed by atoms with Gasteiger partial charge >= 0.3 is 0 Å². The van der Waals surface area contributed by atoms with Crippen molar-refractivity contribution in [3.8, 4) is 11.8 Å². The first-order chi connectivity index (χ1) is 12.6. The molecule has 1 amide bonds. The van der Waals surface area contributed by atoms with E-state index in [9.17, 15) is 4.79 Å². The van der Waals surface area contributed by atoms with Gasteiger partial charge in [-0.05, 0) is 49.7 Å². The van der Waals surface area contributed by atoms with Gasteiger partial charge in [-0.25, -0.2) is 0 Å². The van der Waals surface area contributed by atoms with E-state index in [1.807, 2.05) is 42.7 Å². The summed E-state index contributed by atoms with van der Waals surface area (Å²) in [7, 11) is 0. The molecule has 0 radical (unpaired) electrons. The van der Waals surface area contributed by atoms with E-state index in [2.05, 4.69) is 21.6 Å². The van der Waals surface area contributed by atoms with Gasteiger partial charge in [-0.15, -0.1) is 10.2 Å². The lowest BCUT2D eigenvalue weighted by atomic mass is 10.2. The largest absolute Gasteiger partial charge is 0.325 e. The van der Waals surface area contributed by atoms with Crippen LogP contribution in [-0.2, 0) is 4.79 Å². The van der Waals surface area contributed by atoms with Crippen LogP contribution in [0.2, 0.25) is 0 Å². The zero-order valence-electron chi connectivity index (χ0n) is 14.4. The number of nitriles is 1. The van der Waals surface area contributed by atoms with Gasteiger partial charge in [0.2, 0.25) is 5.91 Å². The van der Waals surface area contributed by atoms with Crippen molar-refractivity contribution in [1.82, 2.24) is 14.8 Å². The Morgan fingerprint density at radius 1 is 1.23 bits per heavy atom. The molecule has 3 rings (SSSR count). The van der Waals surface area contributed by atoms with E-state index in [4.69, 9.17) is 5.26 Å². The Labute approximate surface area is 155 Å². The number of hydrogen-bond donors (Lipinski definition) is 1. The molecule has 0 fully saturated rings. The second-order valence-corrected chi connectivity index (χ2v) is 7.02. The number of nitrogens with zero attached hydrogens (tertiary/aromatic N) is 4. The Morgan fingerprint density at radius 3 is 2.65 bits per heavy atom. The third-order valence-electron chi connectivity index (χ3n) is 3.82. The third kappa shape index (κ3) is 3.92. The van der Waals surface area contributed by atoms with E-state index in [-0.39, 0.29) is 11.2 Å². The maximum atomic E-state index is 12.5. The number of nitrogens with one attached hydrogen (secondary N) is 1. The molecule has 0 aliphatic rings. The van der Waals surface area contributed by atoms with Crippen LogP contribution >= 0.6 is 11.8 Å². The molecule has 0 aliphatic carbocycles. The fourth-order valence-corrected chi connectivity index (χ4v) is 3.22. The number of carbonyl (C=O) groups excluding carboxylic acids is 1. The van der Waals surface area contributed by atoms with E-state index in [0.29, 0.717) is 16.4 Å². The van der Waals surface area contributed by atoms with Crippen molar-refractivity contribution in [2.75, 3.05) is 5.32 Å². The molecule has 0 saturated carbocycles. The average molecular weight is 363 g/mol. The molecular formula is C19H17N5OS. The van der Waals surface area contributed by atoms with Crippen LogP contribution in [0.1, 0.15) is 18.1 Å². The molecule has 1 heterocycles. The van der Waals surface area contributed by atoms with Crippen LogP contribution in [-0.4, -0.2) is 25.9 Å². The summed E-state index contributed by atoms with van der Waals surface area (Å²) >= 11 is 1.34.